The molecule has 1 unspecified atom stereocenters. The lowest BCUT2D eigenvalue weighted by Gasteiger charge is -2.16. The molecule has 0 heterocycles. The highest BCUT2D eigenvalue weighted by atomic mass is 16.3. The molecule has 0 fully saturated rings. The molecular weight excluding hydrogens is 268 g/mol. The first-order valence-corrected chi connectivity index (χ1v) is 8.29. The first-order chi connectivity index (χ1) is 10.8. The summed E-state index contributed by atoms with van der Waals surface area (Å²) in [5.41, 5.74) is 3.23. The number of aliphatic hydroxyl groups excluding tert-OH is 1. The van der Waals surface area contributed by atoms with E-state index in [1.54, 1.807) is 0 Å². The number of hydrogen-bond donors (Lipinski definition) is 1. The Hall–Kier alpha value is -1.86. The summed E-state index contributed by atoms with van der Waals surface area (Å²) >= 11 is 0. The van der Waals surface area contributed by atoms with Gasteiger partial charge in [-0.25, -0.2) is 0 Å². The summed E-state index contributed by atoms with van der Waals surface area (Å²) in [4.78, 5) is 0. The predicted molar refractivity (Wildman–Crippen MR) is 94.6 cm³/mol. The molecule has 0 bridgehead atoms. The highest BCUT2D eigenvalue weighted by Crippen LogP contribution is 2.28. The summed E-state index contributed by atoms with van der Waals surface area (Å²) in [7, 11) is 0. The van der Waals surface area contributed by atoms with Crippen molar-refractivity contribution >= 4 is 6.08 Å². The first kappa shape index (κ1) is 16.5. The lowest BCUT2D eigenvalue weighted by molar-refractivity contribution is 0.211. The molecule has 22 heavy (non-hydrogen) atoms. The van der Waals surface area contributed by atoms with Crippen LogP contribution in [0, 0.1) is 0 Å². The van der Waals surface area contributed by atoms with Crippen LogP contribution in [0.4, 0.5) is 0 Å². The molecule has 2 rings (SSSR count). The Morgan fingerprint density at radius 3 is 2.18 bits per heavy atom. The summed E-state index contributed by atoms with van der Waals surface area (Å²) in [5.74, 6) is 0. The third-order valence-corrected chi connectivity index (χ3v) is 3.94. The van der Waals surface area contributed by atoms with Crippen LogP contribution in [0.25, 0.3) is 6.08 Å². The van der Waals surface area contributed by atoms with Crippen LogP contribution >= 0.6 is 0 Å². The van der Waals surface area contributed by atoms with Gasteiger partial charge in [-0.1, -0.05) is 92.9 Å². The van der Waals surface area contributed by atoms with Crippen LogP contribution in [-0.2, 0) is 0 Å². The molecule has 116 valence electrons. The first-order valence-electron chi connectivity index (χ1n) is 8.29. The van der Waals surface area contributed by atoms with Crippen LogP contribution in [0.1, 0.15) is 56.3 Å². The van der Waals surface area contributed by atoms with Gasteiger partial charge in [0.2, 0.25) is 0 Å². The van der Waals surface area contributed by atoms with Gasteiger partial charge in [-0.3, -0.25) is 0 Å². The summed E-state index contributed by atoms with van der Waals surface area (Å²) < 4.78 is 0. The summed E-state index contributed by atoms with van der Waals surface area (Å²) in [5, 5.41) is 10.7. The maximum absolute atomic E-state index is 10.7. The summed E-state index contributed by atoms with van der Waals surface area (Å²) in [6.45, 7) is 2.22. The molecule has 1 heteroatoms. The van der Waals surface area contributed by atoms with Crippen molar-refractivity contribution < 1.29 is 5.11 Å². The van der Waals surface area contributed by atoms with Crippen LogP contribution in [0.5, 0.6) is 0 Å². The second-order valence-electron chi connectivity index (χ2n) is 5.75. The van der Waals surface area contributed by atoms with Crippen LogP contribution < -0.4 is 0 Å². The third-order valence-electron chi connectivity index (χ3n) is 3.94. The second-order valence-corrected chi connectivity index (χ2v) is 5.75. The molecule has 0 radical (unpaired) electrons. The molecule has 0 spiro atoms. The fourth-order valence-corrected chi connectivity index (χ4v) is 2.66. The van der Waals surface area contributed by atoms with Gasteiger partial charge in [0.05, 0.1) is 0 Å². The zero-order chi connectivity index (χ0) is 15.6. The smallest absolute Gasteiger partial charge is 0.100 e. The van der Waals surface area contributed by atoms with Gasteiger partial charge in [0.15, 0.2) is 0 Å². The van der Waals surface area contributed by atoms with E-state index in [0.29, 0.717) is 0 Å². The summed E-state index contributed by atoms with van der Waals surface area (Å²) in [6.07, 6.45) is 7.44. The van der Waals surface area contributed by atoms with Crippen LogP contribution in [0.3, 0.4) is 0 Å². The molecule has 0 aliphatic carbocycles. The van der Waals surface area contributed by atoms with Gasteiger partial charge in [0.1, 0.15) is 6.10 Å². The lowest BCUT2D eigenvalue weighted by Crippen LogP contribution is -2.02. The van der Waals surface area contributed by atoms with Crippen molar-refractivity contribution in [2.24, 2.45) is 0 Å². The number of rotatable bonds is 8. The molecule has 0 aliphatic rings. The number of hydrogen-bond acceptors (Lipinski definition) is 1. The van der Waals surface area contributed by atoms with Crippen molar-refractivity contribution in [1.29, 1.82) is 0 Å². The van der Waals surface area contributed by atoms with Crippen molar-refractivity contribution in [2.75, 3.05) is 0 Å². The van der Waals surface area contributed by atoms with Crippen molar-refractivity contribution in [2.45, 2.75) is 45.1 Å². The molecule has 2 aromatic carbocycles. The summed E-state index contributed by atoms with van der Waals surface area (Å²) in [6, 6.07) is 20.2. The van der Waals surface area contributed by atoms with Gasteiger partial charge < -0.3 is 5.11 Å². The average molecular weight is 294 g/mol. The van der Waals surface area contributed by atoms with Crippen molar-refractivity contribution in [3.63, 3.8) is 0 Å². The molecule has 2 aromatic rings. The average Bonchev–Trinajstić information content (AvgIpc) is 2.59. The standard InChI is InChI=1S/C21H26O/c1-2-3-4-9-16-20(17-18-12-7-5-8-13-18)21(22)19-14-10-6-11-15-19/h5-8,10-15,17,21-22H,2-4,9,16H2,1H3. The van der Waals surface area contributed by atoms with Crippen molar-refractivity contribution in [3.8, 4) is 0 Å². The molecule has 1 atom stereocenters. The van der Waals surface area contributed by atoms with Crippen LogP contribution in [0.15, 0.2) is 66.2 Å². The molecule has 1 nitrogen and oxygen atoms in total. The quantitative estimate of drug-likeness (QED) is 0.612. The molecule has 0 aliphatic heterocycles. The van der Waals surface area contributed by atoms with Gasteiger partial charge in [0, 0.05) is 0 Å². The lowest BCUT2D eigenvalue weighted by atomic mass is 9.94. The second kappa shape index (κ2) is 9.22. The van der Waals surface area contributed by atoms with Gasteiger partial charge in [-0.2, -0.15) is 0 Å². The Morgan fingerprint density at radius 2 is 1.55 bits per heavy atom. The molecule has 0 saturated carbocycles. The zero-order valence-corrected chi connectivity index (χ0v) is 13.4. The Kier molecular flexibility index (Phi) is 6.92. The Balaban J connectivity index is 2.15. The maximum atomic E-state index is 10.7. The fourth-order valence-electron chi connectivity index (χ4n) is 2.66. The Bertz CT molecular complexity index is 557. The van der Waals surface area contributed by atoms with Crippen LogP contribution in [0.2, 0.25) is 0 Å². The highest BCUT2D eigenvalue weighted by molar-refractivity contribution is 5.54. The van der Waals surface area contributed by atoms with E-state index in [0.717, 1.165) is 29.5 Å². The molecule has 0 saturated heterocycles. The SMILES string of the molecule is CCCCCCC(=Cc1ccccc1)C(O)c1ccccc1. The predicted octanol–water partition coefficient (Wildman–Crippen LogP) is 5.77. The maximum Gasteiger partial charge on any atom is 0.100 e. The van der Waals surface area contributed by atoms with E-state index >= 15 is 0 Å². The molecule has 0 aromatic heterocycles. The van der Waals surface area contributed by atoms with E-state index in [2.05, 4.69) is 25.1 Å². The van der Waals surface area contributed by atoms with Crippen molar-refractivity contribution in [1.82, 2.24) is 0 Å². The van der Waals surface area contributed by atoms with E-state index in [4.69, 9.17) is 0 Å². The minimum atomic E-state index is -0.511. The Labute approximate surface area is 134 Å². The number of unbranched alkanes of at least 4 members (excludes halogenated alkanes) is 3. The van der Waals surface area contributed by atoms with Gasteiger partial charge >= 0.3 is 0 Å². The topological polar surface area (TPSA) is 20.2 Å². The van der Waals surface area contributed by atoms with E-state index < -0.39 is 6.10 Å². The van der Waals surface area contributed by atoms with E-state index in [1.807, 2.05) is 48.5 Å². The minimum absolute atomic E-state index is 0.511. The van der Waals surface area contributed by atoms with Gasteiger partial charge in [-0.05, 0) is 29.5 Å². The normalized spacial score (nSPS) is 13.1. The fraction of sp³-hybridized carbons (Fsp3) is 0.333. The highest BCUT2D eigenvalue weighted by Gasteiger charge is 2.13. The largest absolute Gasteiger partial charge is 0.384 e. The van der Waals surface area contributed by atoms with Gasteiger partial charge in [0.25, 0.3) is 0 Å². The molecular formula is C21H26O. The van der Waals surface area contributed by atoms with Crippen molar-refractivity contribution in [3.05, 3.63) is 77.4 Å². The van der Waals surface area contributed by atoms with E-state index in [-0.39, 0.29) is 0 Å². The van der Waals surface area contributed by atoms with Gasteiger partial charge in [-0.15, -0.1) is 0 Å². The number of benzene rings is 2. The monoisotopic (exact) mass is 294 g/mol. The molecule has 1 N–H and O–H groups in total. The third kappa shape index (κ3) is 5.16. The Morgan fingerprint density at radius 1 is 0.909 bits per heavy atom. The van der Waals surface area contributed by atoms with Crippen LogP contribution in [-0.4, -0.2) is 5.11 Å². The zero-order valence-electron chi connectivity index (χ0n) is 13.4. The minimum Gasteiger partial charge on any atom is -0.384 e. The number of aliphatic hydroxyl groups is 1. The van der Waals surface area contributed by atoms with E-state index in [9.17, 15) is 5.11 Å². The molecule has 0 amide bonds. The van der Waals surface area contributed by atoms with E-state index in [1.165, 1.54) is 19.3 Å².